The van der Waals surface area contributed by atoms with Gasteiger partial charge in [0, 0.05) is 24.7 Å². The number of anilines is 1. The highest BCUT2D eigenvalue weighted by atomic mass is 19.1. The molecule has 0 aromatic heterocycles. The van der Waals surface area contributed by atoms with Crippen molar-refractivity contribution in [2.24, 2.45) is 0 Å². The summed E-state index contributed by atoms with van der Waals surface area (Å²) in [6, 6.07) is 6.95. The predicted octanol–water partition coefficient (Wildman–Crippen LogP) is 2.31. The van der Waals surface area contributed by atoms with Crippen LogP contribution in [0.4, 0.5) is 10.1 Å². The molecule has 0 spiro atoms. The molecule has 0 unspecified atom stereocenters. The van der Waals surface area contributed by atoms with Crippen LogP contribution in [0.2, 0.25) is 0 Å². The van der Waals surface area contributed by atoms with Gasteiger partial charge in [-0.2, -0.15) is 0 Å². The monoisotopic (exact) mass is 347 g/mol. The lowest BCUT2D eigenvalue weighted by molar-refractivity contribution is -0.135. The molecule has 1 N–H and O–H groups in total. The topological polar surface area (TPSA) is 52.7 Å². The smallest absolute Gasteiger partial charge is 0.242 e. The van der Waals surface area contributed by atoms with Crippen molar-refractivity contribution in [3.8, 4) is 0 Å². The van der Waals surface area contributed by atoms with E-state index in [0.29, 0.717) is 0 Å². The third kappa shape index (κ3) is 3.48. The first-order valence-corrected chi connectivity index (χ1v) is 8.88. The molecule has 6 heteroatoms. The van der Waals surface area contributed by atoms with Crippen molar-refractivity contribution in [1.29, 1.82) is 0 Å². The number of piperidine rings is 1. The number of carbonyl (C=O) groups excluding carboxylic acids is 2. The number of likely N-dealkylation sites (tertiary alicyclic amines) is 1. The number of benzene rings is 1. The van der Waals surface area contributed by atoms with Gasteiger partial charge in [0.25, 0.3) is 0 Å². The van der Waals surface area contributed by atoms with E-state index in [1.54, 1.807) is 0 Å². The van der Waals surface area contributed by atoms with Crippen LogP contribution >= 0.6 is 0 Å². The largest absolute Gasteiger partial charge is 0.361 e. The van der Waals surface area contributed by atoms with Crippen LogP contribution in [-0.2, 0) is 9.59 Å². The first-order valence-electron chi connectivity index (χ1n) is 8.88. The Morgan fingerprint density at radius 1 is 1.24 bits per heavy atom. The van der Waals surface area contributed by atoms with E-state index in [1.807, 2.05) is 17.0 Å². The van der Waals surface area contributed by atoms with Crippen LogP contribution in [0, 0.1) is 5.82 Å². The highest BCUT2D eigenvalue weighted by Gasteiger charge is 2.50. The van der Waals surface area contributed by atoms with Crippen LogP contribution in [0.1, 0.15) is 40.0 Å². The number of halogens is 1. The molecular weight excluding hydrogens is 321 g/mol. The Morgan fingerprint density at radius 2 is 1.92 bits per heavy atom. The van der Waals surface area contributed by atoms with E-state index >= 15 is 0 Å². The number of nitrogens with zero attached hydrogens (tertiary/aromatic N) is 2. The van der Waals surface area contributed by atoms with Crippen LogP contribution < -0.4 is 10.2 Å². The van der Waals surface area contributed by atoms with Gasteiger partial charge in [-0.25, -0.2) is 4.39 Å². The van der Waals surface area contributed by atoms with Crippen LogP contribution in [-0.4, -0.2) is 47.4 Å². The minimum atomic E-state index is -0.243. The molecule has 3 rings (SSSR count). The Bertz CT molecular complexity index is 659. The molecule has 0 radical (unpaired) electrons. The Kier molecular flexibility index (Phi) is 4.71. The van der Waals surface area contributed by atoms with Crippen molar-refractivity contribution in [2.45, 2.75) is 57.7 Å². The summed E-state index contributed by atoms with van der Waals surface area (Å²) in [5.41, 5.74) is 0.874. The maximum absolute atomic E-state index is 13.3. The minimum Gasteiger partial charge on any atom is -0.361 e. The van der Waals surface area contributed by atoms with Crippen LogP contribution in [0.25, 0.3) is 0 Å². The quantitative estimate of drug-likeness (QED) is 0.913. The summed E-state index contributed by atoms with van der Waals surface area (Å²) in [6.45, 7) is 6.54. The summed E-state index contributed by atoms with van der Waals surface area (Å²) in [5.74, 6) is -0.462. The fourth-order valence-corrected chi connectivity index (χ4v) is 4.40. The highest BCUT2D eigenvalue weighted by molar-refractivity contribution is 5.84. The minimum absolute atomic E-state index is 0.0262. The van der Waals surface area contributed by atoms with Crippen molar-refractivity contribution in [3.05, 3.63) is 30.1 Å². The maximum Gasteiger partial charge on any atom is 0.242 e. The Balaban J connectivity index is 1.83. The van der Waals surface area contributed by atoms with E-state index in [-0.39, 0.29) is 41.8 Å². The summed E-state index contributed by atoms with van der Waals surface area (Å²) in [6.07, 6.45) is 2.80. The third-order valence-corrected chi connectivity index (χ3v) is 5.35. The third-order valence-electron chi connectivity index (χ3n) is 5.35. The van der Waals surface area contributed by atoms with Gasteiger partial charge in [-0.05, 0) is 57.4 Å². The standard InChI is InChI=1S/C19H26FN3O2/c1-13(24)21-12-18(25)22-10-4-5-16-17(22)11-19(2,3)23(16)15-8-6-14(20)7-9-15/h6-9,16-17H,4-5,10-12H2,1-3H3,(H,21,24)/t16-,17-/m0/s1. The second kappa shape index (κ2) is 6.65. The van der Waals surface area contributed by atoms with Crippen LogP contribution in [0.15, 0.2) is 24.3 Å². The van der Waals surface area contributed by atoms with Gasteiger partial charge >= 0.3 is 0 Å². The van der Waals surface area contributed by atoms with Crippen molar-refractivity contribution < 1.29 is 14.0 Å². The molecule has 25 heavy (non-hydrogen) atoms. The fourth-order valence-electron chi connectivity index (χ4n) is 4.40. The van der Waals surface area contributed by atoms with Crippen molar-refractivity contribution in [3.63, 3.8) is 0 Å². The van der Waals surface area contributed by atoms with Gasteiger partial charge < -0.3 is 15.1 Å². The number of amides is 2. The van der Waals surface area contributed by atoms with Crippen LogP contribution in [0.3, 0.4) is 0 Å². The lowest BCUT2D eigenvalue weighted by atomic mass is 9.94. The van der Waals surface area contributed by atoms with E-state index in [0.717, 1.165) is 31.5 Å². The lowest BCUT2D eigenvalue weighted by Gasteiger charge is -2.42. The first-order chi connectivity index (χ1) is 11.8. The van der Waals surface area contributed by atoms with Gasteiger partial charge in [-0.3, -0.25) is 9.59 Å². The normalized spacial score (nSPS) is 24.8. The summed E-state index contributed by atoms with van der Waals surface area (Å²) in [7, 11) is 0. The molecule has 136 valence electrons. The molecule has 0 aliphatic carbocycles. The summed E-state index contributed by atoms with van der Waals surface area (Å²) < 4.78 is 13.3. The lowest BCUT2D eigenvalue weighted by Crippen LogP contribution is -2.54. The number of fused-ring (bicyclic) bond motifs is 1. The number of rotatable bonds is 3. The first kappa shape index (κ1) is 17.7. The second-order valence-electron chi connectivity index (χ2n) is 7.64. The Labute approximate surface area is 148 Å². The Hall–Kier alpha value is -2.11. The molecule has 2 aliphatic heterocycles. The SMILES string of the molecule is CC(=O)NCC(=O)N1CCC[C@H]2[C@@H]1CC(C)(C)N2c1ccc(F)cc1. The fraction of sp³-hybridized carbons (Fsp3) is 0.579. The molecule has 2 atom stereocenters. The molecule has 1 aromatic carbocycles. The van der Waals surface area contributed by atoms with Gasteiger partial charge in [-0.15, -0.1) is 0 Å². The molecule has 2 fully saturated rings. The predicted molar refractivity (Wildman–Crippen MR) is 94.8 cm³/mol. The molecule has 5 nitrogen and oxygen atoms in total. The molecular formula is C19H26FN3O2. The van der Waals surface area contributed by atoms with E-state index in [2.05, 4.69) is 24.1 Å². The van der Waals surface area contributed by atoms with Gasteiger partial charge in [-0.1, -0.05) is 0 Å². The molecule has 1 aromatic rings. The van der Waals surface area contributed by atoms with Gasteiger partial charge in [0.05, 0.1) is 18.6 Å². The molecule has 0 bridgehead atoms. The number of nitrogens with one attached hydrogen (secondary N) is 1. The zero-order valence-electron chi connectivity index (χ0n) is 15.1. The summed E-state index contributed by atoms with van der Waals surface area (Å²) >= 11 is 0. The highest BCUT2D eigenvalue weighted by Crippen LogP contribution is 2.43. The molecule has 2 aliphatic rings. The summed E-state index contributed by atoms with van der Waals surface area (Å²) in [4.78, 5) is 28.0. The maximum atomic E-state index is 13.3. The van der Waals surface area contributed by atoms with Gasteiger partial charge in [0.2, 0.25) is 11.8 Å². The van der Waals surface area contributed by atoms with Crippen LogP contribution in [0.5, 0.6) is 0 Å². The summed E-state index contributed by atoms with van der Waals surface area (Å²) in [5, 5.41) is 2.61. The molecule has 2 heterocycles. The zero-order valence-corrected chi connectivity index (χ0v) is 15.1. The van der Waals surface area contributed by atoms with Crippen molar-refractivity contribution >= 4 is 17.5 Å². The average Bonchev–Trinajstić information content (AvgIpc) is 2.83. The molecule has 2 saturated heterocycles. The van der Waals surface area contributed by atoms with E-state index < -0.39 is 0 Å². The van der Waals surface area contributed by atoms with Crippen molar-refractivity contribution in [2.75, 3.05) is 18.0 Å². The molecule has 2 amide bonds. The number of hydrogen-bond donors (Lipinski definition) is 1. The second-order valence-corrected chi connectivity index (χ2v) is 7.64. The van der Waals surface area contributed by atoms with Gasteiger partial charge in [0.1, 0.15) is 5.82 Å². The number of carbonyl (C=O) groups is 2. The van der Waals surface area contributed by atoms with E-state index in [9.17, 15) is 14.0 Å². The zero-order chi connectivity index (χ0) is 18.2. The number of hydrogen-bond acceptors (Lipinski definition) is 3. The van der Waals surface area contributed by atoms with E-state index in [4.69, 9.17) is 0 Å². The van der Waals surface area contributed by atoms with E-state index in [1.165, 1.54) is 19.1 Å². The van der Waals surface area contributed by atoms with Gasteiger partial charge in [0.15, 0.2) is 0 Å². The Morgan fingerprint density at radius 3 is 2.56 bits per heavy atom. The average molecular weight is 347 g/mol. The molecule has 0 saturated carbocycles. The van der Waals surface area contributed by atoms with Crippen molar-refractivity contribution in [1.82, 2.24) is 10.2 Å².